The molecule has 0 radical (unpaired) electrons. The zero-order valence-electron chi connectivity index (χ0n) is 14.2. The maximum atomic E-state index is 6.18. The van der Waals surface area contributed by atoms with Crippen LogP contribution in [0.5, 0.6) is 5.75 Å². The third-order valence-electron chi connectivity index (χ3n) is 3.87. The molecule has 1 N–H and O–H groups in total. The second-order valence-corrected chi connectivity index (χ2v) is 7.55. The summed E-state index contributed by atoms with van der Waals surface area (Å²) in [5, 5.41) is 5.14. The Bertz CT molecular complexity index is 944. The van der Waals surface area contributed by atoms with Gasteiger partial charge in [0, 0.05) is 32.7 Å². The van der Waals surface area contributed by atoms with Crippen molar-refractivity contribution in [2.24, 2.45) is 0 Å². The smallest absolute Gasteiger partial charge is 0.120 e. The molecule has 0 atom stereocenters. The maximum absolute atomic E-state index is 6.18. The molecule has 0 spiro atoms. The van der Waals surface area contributed by atoms with Crippen LogP contribution in [0, 0.1) is 0 Å². The molecule has 138 valence electrons. The highest BCUT2D eigenvalue weighted by Crippen LogP contribution is 2.23. The van der Waals surface area contributed by atoms with E-state index in [4.69, 9.17) is 51.8 Å². The number of hydrogen-bond donors (Lipinski definition) is 1. The minimum absolute atomic E-state index is 0.352. The quantitative estimate of drug-likeness (QED) is 0.435. The average molecular weight is 437 g/mol. The van der Waals surface area contributed by atoms with Crippen molar-refractivity contribution in [2.75, 3.05) is 0 Å². The highest BCUT2D eigenvalue weighted by Gasteiger charge is 2.06. The van der Waals surface area contributed by atoms with Gasteiger partial charge in [0.1, 0.15) is 17.3 Å². The topological polar surface area (TPSA) is 21.3 Å². The fourth-order valence-corrected chi connectivity index (χ4v) is 3.20. The van der Waals surface area contributed by atoms with E-state index in [1.54, 1.807) is 12.1 Å². The normalized spacial score (nSPS) is 10.5. The van der Waals surface area contributed by atoms with Crippen LogP contribution < -0.4 is 10.1 Å². The first-order valence-electron chi connectivity index (χ1n) is 8.21. The van der Waals surface area contributed by atoms with Crippen molar-refractivity contribution in [3.05, 3.63) is 98.5 Å². The SMILES string of the molecule is S=C(NCc1ccc(Cl)cc1)c1cccc(OCc2ccc(Cl)cc2Cl)c1. The van der Waals surface area contributed by atoms with E-state index in [0.717, 1.165) is 16.7 Å². The molecule has 0 fully saturated rings. The number of rotatable bonds is 6. The Morgan fingerprint density at radius 3 is 2.37 bits per heavy atom. The first-order chi connectivity index (χ1) is 13.0. The molecule has 27 heavy (non-hydrogen) atoms. The predicted molar refractivity (Wildman–Crippen MR) is 117 cm³/mol. The van der Waals surface area contributed by atoms with E-state index in [2.05, 4.69) is 5.32 Å². The molecule has 0 amide bonds. The Balaban J connectivity index is 1.60. The van der Waals surface area contributed by atoms with Crippen molar-refractivity contribution in [3.63, 3.8) is 0 Å². The number of benzene rings is 3. The van der Waals surface area contributed by atoms with Gasteiger partial charge in [0.05, 0.1) is 0 Å². The van der Waals surface area contributed by atoms with E-state index in [0.29, 0.717) is 39.0 Å². The molecular formula is C21H16Cl3NOS. The molecule has 0 bridgehead atoms. The van der Waals surface area contributed by atoms with E-state index in [9.17, 15) is 0 Å². The second-order valence-electron chi connectivity index (χ2n) is 5.86. The number of hydrogen-bond acceptors (Lipinski definition) is 2. The maximum Gasteiger partial charge on any atom is 0.120 e. The molecule has 0 aliphatic heterocycles. The van der Waals surface area contributed by atoms with Gasteiger partial charge < -0.3 is 10.1 Å². The van der Waals surface area contributed by atoms with E-state index in [-0.39, 0.29) is 0 Å². The monoisotopic (exact) mass is 435 g/mol. The molecule has 3 aromatic rings. The summed E-state index contributed by atoms with van der Waals surface area (Å²) in [5.41, 5.74) is 2.86. The van der Waals surface area contributed by atoms with Crippen LogP contribution in [0.15, 0.2) is 66.7 Å². The second kappa shape index (κ2) is 9.43. The van der Waals surface area contributed by atoms with Crippen molar-refractivity contribution in [2.45, 2.75) is 13.2 Å². The van der Waals surface area contributed by atoms with Crippen molar-refractivity contribution >= 4 is 52.0 Å². The van der Waals surface area contributed by atoms with Crippen LogP contribution in [0.2, 0.25) is 15.1 Å². The molecule has 0 aliphatic rings. The summed E-state index contributed by atoms with van der Waals surface area (Å²) in [4.78, 5) is 0.653. The Labute approximate surface area is 179 Å². The molecule has 0 saturated heterocycles. The van der Waals surface area contributed by atoms with Gasteiger partial charge >= 0.3 is 0 Å². The van der Waals surface area contributed by atoms with Gasteiger partial charge in [0.25, 0.3) is 0 Å². The van der Waals surface area contributed by atoms with E-state index in [1.165, 1.54) is 0 Å². The minimum atomic E-state index is 0.352. The van der Waals surface area contributed by atoms with Crippen molar-refractivity contribution in [1.29, 1.82) is 0 Å². The fraction of sp³-hybridized carbons (Fsp3) is 0.0952. The molecule has 3 aromatic carbocycles. The highest BCUT2D eigenvalue weighted by molar-refractivity contribution is 7.80. The molecular weight excluding hydrogens is 421 g/mol. The van der Waals surface area contributed by atoms with Crippen LogP contribution in [-0.2, 0) is 13.2 Å². The first kappa shape index (κ1) is 20.0. The fourth-order valence-electron chi connectivity index (χ4n) is 2.41. The number of thiocarbonyl (C=S) groups is 1. The Morgan fingerprint density at radius 1 is 0.889 bits per heavy atom. The van der Waals surface area contributed by atoms with Gasteiger partial charge in [-0.3, -0.25) is 0 Å². The van der Waals surface area contributed by atoms with Crippen LogP contribution >= 0.6 is 47.0 Å². The summed E-state index contributed by atoms with van der Waals surface area (Å²) < 4.78 is 5.85. The van der Waals surface area contributed by atoms with Gasteiger partial charge in [0.2, 0.25) is 0 Å². The van der Waals surface area contributed by atoms with E-state index < -0.39 is 0 Å². The Morgan fingerprint density at radius 2 is 1.63 bits per heavy atom. The number of nitrogens with one attached hydrogen (secondary N) is 1. The lowest BCUT2D eigenvalue weighted by molar-refractivity contribution is 0.306. The van der Waals surface area contributed by atoms with Crippen molar-refractivity contribution in [3.8, 4) is 5.75 Å². The van der Waals surface area contributed by atoms with Crippen LogP contribution in [0.1, 0.15) is 16.7 Å². The molecule has 0 aromatic heterocycles. The summed E-state index contributed by atoms with van der Waals surface area (Å²) in [6, 6.07) is 20.6. The largest absolute Gasteiger partial charge is 0.489 e. The third kappa shape index (κ3) is 5.85. The van der Waals surface area contributed by atoms with Gasteiger partial charge in [-0.15, -0.1) is 0 Å². The molecule has 2 nitrogen and oxygen atoms in total. The van der Waals surface area contributed by atoms with Gasteiger partial charge in [-0.25, -0.2) is 0 Å². The standard InChI is InChI=1S/C21H16Cl3NOS/c22-17-7-4-14(5-8-17)12-25-21(27)15-2-1-3-19(10-15)26-13-16-6-9-18(23)11-20(16)24/h1-11H,12-13H2,(H,25,27). The van der Waals surface area contributed by atoms with Crippen LogP contribution in [0.25, 0.3) is 0 Å². The molecule has 0 heterocycles. The van der Waals surface area contributed by atoms with Crippen molar-refractivity contribution in [1.82, 2.24) is 5.32 Å². The van der Waals surface area contributed by atoms with Crippen molar-refractivity contribution < 1.29 is 4.74 Å². The minimum Gasteiger partial charge on any atom is -0.489 e. The average Bonchev–Trinajstić information content (AvgIpc) is 2.67. The van der Waals surface area contributed by atoms with E-state index in [1.807, 2.05) is 54.6 Å². The number of halogens is 3. The third-order valence-corrected chi connectivity index (χ3v) is 5.09. The molecule has 3 rings (SSSR count). The molecule has 0 unspecified atom stereocenters. The summed E-state index contributed by atoms with van der Waals surface area (Å²) in [6.07, 6.45) is 0. The van der Waals surface area contributed by atoms with Crippen LogP contribution in [0.3, 0.4) is 0 Å². The van der Waals surface area contributed by atoms with Gasteiger partial charge in [-0.1, -0.05) is 77.4 Å². The van der Waals surface area contributed by atoms with Crippen LogP contribution in [-0.4, -0.2) is 4.99 Å². The zero-order chi connectivity index (χ0) is 19.2. The van der Waals surface area contributed by atoms with E-state index >= 15 is 0 Å². The lowest BCUT2D eigenvalue weighted by Crippen LogP contribution is -2.21. The van der Waals surface area contributed by atoms with Gasteiger partial charge in [0.15, 0.2) is 0 Å². The summed E-state index contributed by atoms with van der Waals surface area (Å²) in [5.74, 6) is 0.717. The predicted octanol–water partition coefficient (Wildman–Crippen LogP) is 6.69. The van der Waals surface area contributed by atoms with Gasteiger partial charge in [-0.05, 0) is 42.0 Å². The summed E-state index contributed by atoms with van der Waals surface area (Å²) in [7, 11) is 0. The Kier molecular flexibility index (Phi) is 6.97. The van der Waals surface area contributed by atoms with Crippen LogP contribution in [0.4, 0.5) is 0 Å². The molecule has 6 heteroatoms. The summed E-state index contributed by atoms with van der Waals surface area (Å²) >= 11 is 23.5. The Hall–Kier alpha value is -1.78. The molecule has 0 aliphatic carbocycles. The summed E-state index contributed by atoms with van der Waals surface area (Å²) in [6.45, 7) is 0.978. The lowest BCUT2D eigenvalue weighted by atomic mass is 10.2. The number of ether oxygens (including phenoxy) is 1. The first-order valence-corrected chi connectivity index (χ1v) is 9.75. The van der Waals surface area contributed by atoms with Gasteiger partial charge in [-0.2, -0.15) is 0 Å². The molecule has 0 saturated carbocycles. The highest BCUT2D eigenvalue weighted by atomic mass is 35.5. The zero-order valence-corrected chi connectivity index (χ0v) is 17.3. The lowest BCUT2D eigenvalue weighted by Gasteiger charge is -2.11.